The minimum Gasteiger partial charge on any atom is -0.480 e. The summed E-state index contributed by atoms with van der Waals surface area (Å²) in [6.07, 6.45) is 0.744. The number of aliphatic carboxylic acids is 1. The number of nitrogens with one attached hydrogen (secondary N) is 1. The van der Waals surface area contributed by atoms with Gasteiger partial charge in [0.25, 0.3) is 0 Å². The largest absolute Gasteiger partial charge is 0.480 e. The number of amides is 1. The summed E-state index contributed by atoms with van der Waals surface area (Å²) in [6.45, 7) is 0.108. The Morgan fingerprint density at radius 2 is 1.89 bits per heavy atom. The van der Waals surface area contributed by atoms with Gasteiger partial charge in [0.15, 0.2) is 5.96 Å². The molecule has 1 amide bonds. The minimum atomic E-state index is -1.05. The number of nitrogens with two attached hydrogens (primary N) is 2. The summed E-state index contributed by atoms with van der Waals surface area (Å²) >= 11 is 0. The highest BCUT2D eigenvalue weighted by Crippen LogP contribution is 2.05. The third kappa shape index (κ3) is 9.53. The fourth-order valence-electron chi connectivity index (χ4n) is 2.54. The number of benzene rings is 1. The van der Waals surface area contributed by atoms with Gasteiger partial charge in [-0.3, -0.25) is 19.5 Å². The first-order valence-electron chi connectivity index (χ1n) is 8.72. The van der Waals surface area contributed by atoms with Crippen molar-refractivity contribution in [3.8, 4) is 0 Å². The van der Waals surface area contributed by atoms with Gasteiger partial charge in [0, 0.05) is 13.1 Å². The van der Waals surface area contributed by atoms with Gasteiger partial charge in [-0.2, -0.15) is 0 Å². The molecule has 0 bridgehead atoms. The average molecular weight is 393 g/mol. The quantitative estimate of drug-likeness (QED) is 0.157. The zero-order chi connectivity index (χ0) is 20.9. The van der Waals surface area contributed by atoms with Crippen molar-refractivity contribution in [3.05, 3.63) is 35.9 Å². The Hall–Kier alpha value is -3.14. The zero-order valence-electron chi connectivity index (χ0n) is 15.8. The summed E-state index contributed by atoms with van der Waals surface area (Å²) in [5.74, 6) is -2.17. The summed E-state index contributed by atoms with van der Waals surface area (Å²) in [4.78, 5) is 40.7. The number of nitrogens with zero attached hydrogens (tertiary/aromatic N) is 2. The van der Waals surface area contributed by atoms with Crippen LogP contribution in [0, 0.1) is 0 Å². The van der Waals surface area contributed by atoms with Crippen LogP contribution in [0.4, 0.5) is 0 Å². The predicted octanol–water partition coefficient (Wildman–Crippen LogP) is -0.715. The average Bonchev–Trinajstić information content (AvgIpc) is 2.63. The lowest BCUT2D eigenvalue weighted by Crippen LogP contribution is -2.46. The third-order valence-electron chi connectivity index (χ3n) is 3.74. The van der Waals surface area contributed by atoms with Crippen molar-refractivity contribution in [2.45, 2.75) is 25.4 Å². The Balaban J connectivity index is 2.67. The standard InChI is InChI=1S/C18H27N5O5/c1-28-17(27)14(8-5-9-21-18(19)20)22-15(24)11-23(12-16(25)26)10-13-6-3-2-4-7-13/h2-4,6-7,14H,5,8-12H2,1H3,(H,22,24)(H,25,26)(H4,19,20,21). The van der Waals surface area contributed by atoms with E-state index in [-0.39, 0.29) is 32.0 Å². The maximum Gasteiger partial charge on any atom is 0.328 e. The molecule has 0 heterocycles. The molecule has 0 aliphatic carbocycles. The van der Waals surface area contributed by atoms with E-state index in [0.29, 0.717) is 13.0 Å². The van der Waals surface area contributed by atoms with Gasteiger partial charge in [0.2, 0.25) is 5.91 Å². The molecular formula is C18H27N5O5. The van der Waals surface area contributed by atoms with Crippen LogP contribution >= 0.6 is 0 Å². The van der Waals surface area contributed by atoms with Gasteiger partial charge in [-0.15, -0.1) is 0 Å². The highest BCUT2D eigenvalue weighted by Gasteiger charge is 2.23. The summed E-state index contributed by atoms with van der Waals surface area (Å²) in [6, 6.07) is 8.33. The molecule has 0 aliphatic rings. The van der Waals surface area contributed by atoms with Crippen LogP contribution in [0.1, 0.15) is 18.4 Å². The molecule has 1 aromatic carbocycles. The Morgan fingerprint density at radius 3 is 2.46 bits per heavy atom. The molecule has 1 rings (SSSR count). The van der Waals surface area contributed by atoms with Crippen LogP contribution in [0.2, 0.25) is 0 Å². The van der Waals surface area contributed by atoms with Crippen LogP contribution in [-0.4, -0.2) is 66.6 Å². The van der Waals surface area contributed by atoms with Crippen molar-refractivity contribution in [1.82, 2.24) is 10.2 Å². The van der Waals surface area contributed by atoms with Gasteiger partial charge < -0.3 is 26.6 Å². The van der Waals surface area contributed by atoms with Crippen molar-refractivity contribution in [1.29, 1.82) is 0 Å². The Morgan fingerprint density at radius 1 is 1.21 bits per heavy atom. The van der Waals surface area contributed by atoms with E-state index >= 15 is 0 Å². The third-order valence-corrected chi connectivity index (χ3v) is 3.74. The van der Waals surface area contributed by atoms with Crippen LogP contribution in [0.5, 0.6) is 0 Å². The van der Waals surface area contributed by atoms with E-state index in [2.05, 4.69) is 10.3 Å². The van der Waals surface area contributed by atoms with E-state index in [4.69, 9.17) is 21.3 Å². The number of ether oxygens (including phenoxy) is 1. The fraction of sp³-hybridized carbons (Fsp3) is 0.444. The first-order valence-corrected chi connectivity index (χ1v) is 8.72. The molecule has 10 heteroatoms. The number of guanidine groups is 1. The van der Waals surface area contributed by atoms with Gasteiger partial charge >= 0.3 is 11.9 Å². The minimum absolute atomic E-state index is 0.0520. The van der Waals surface area contributed by atoms with Gasteiger partial charge in [-0.1, -0.05) is 30.3 Å². The summed E-state index contributed by atoms with van der Waals surface area (Å²) < 4.78 is 4.71. The molecule has 0 radical (unpaired) electrons. The van der Waals surface area contributed by atoms with E-state index in [9.17, 15) is 14.4 Å². The molecule has 1 atom stereocenters. The number of hydrogen-bond donors (Lipinski definition) is 4. The topological polar surface area (TPSA) is 160 Å². The number of carbonyl (C=O) groups excluding carboxylic acids is 2. The fourth-order valence-corrected chi connectivity index (χ4v) is 2.54. The number of carbonyl (C=O) groups is 3. The smallest absolute Gasteiger partial charge is 0.328 e. The number of hydrogen-bond acceptors (Lipinski definition) is 6. The Bertz CT molecular complexity index is 676. The molecule has 28 heavy (non-hydrogen) atoms. The summed E-state index contributed by atoms with van der Waals surface area (Å²) in [5.41, 5.74) is 11.4. The molecule has 154 valence electrons. The Kier molecular flexibility index (Phi) is 10.0. The van der Waals surface area contributed by atoms with Crippen LogP contribution < -0.4 is 16.8 Å². The molecule has 0 aliphatic heterocycles. The molecule has 0 spiro atoms. The van der Waals surface area contributed by atoms with Crippen LogP contribution in [-0.2, 0) is 25.7 Å². The maximum absolute atomic E-state index is 12.4. The highest BCUT2D eigenvalue weighted by atomic mass is 16.5. The molecule has 0 saturated carbocycles. The van der Waals surface area contributed by atoms with Crippen LogP contribution in [0.15, 0.2) is 35.3 Å². The molecule has 6 N–H and O–H groups in total. The summed E-state index contributed by atoms with van der Waals surface area (Å²) in [5, 5.41) is 11.7. The lowest BCUT2D eigenvalue weighted by atomic mass is 10.1. The second-order valence-corrected chi connectivity index (χ2v) is 6.12. The maximum atomic E-state index is 12.4. The monoisotopic (exact) mass is 393 g/mol. The Labute approximate surface area is 163 Å². The van der Waals surface area contributed by atoms with E-state index in [1.807, 2.05) is 30.3 Å². The van der Waals surface area contributed by atoms with Crippen molar-refractivity contribution < 1.29 is 24.2 Å². The van der Waals surface area contributed by atoms with Gasteiger partial charge in [-0.05, 0) is 18.4 Å². The van der Waals surface area contributed by atoms with Crippen molar-refractivity contribution in [2.75, 3.05) is 26.7 Å². The number of esters is 1. The first-order chi connectivity index (χ1) is 13.3. The molecule has 1 unspecified atom stereocenters. The van der Waals surface area contributed by atoms with Gasteiger partial charge in [0.05, 0.1) is 20.2 Å². The predicted molar refractivity (Wildman–Crippen MR) is 103 cm³/mol. The molecular weight excluding hydrogens is 366 g/mol. The van der Waals surface area contributed by atoms with E-state index < -0.39 is 23.9 Å². The van der Waals surface area contributed by atoms with E-state index in [1.54, 1.807) is 0 Å². The SMILES string of the molecule is COC(=O)C(CCCN=C(N)N)NC(=O)CN(CC(=O)O)Cc1ccccc1. The summed E-state index contributed by atoms with van der Waals surface area (Å²) in [7, 11) is 1.23. The van der Waals surface area contributed by atoms with Crippen LogP contribution in [0.25, 0.3) is 0 Å². The number of carboxylic acid groups (broad SMARTS) is 1. The van der Waals surface area contributed by atoms with Crippen molar-refractivity contribution in [2.24, 2.45) is 16.5 Å². The lowest BCUT2D eigenvalue weighted by Gasteiger charge is -2.22. The lowest BCUT2D eigenvalue weighted by molar-refractivity contribution is -0.146. The highest BCUT2D eigenvalue weighted by molar-refractivity contribution is 5.85. The van der Waals surface area contributed by atoms with E-state index in [1.165, 1.54) is 12.0 Å². The number of aliphatic imine (C=N–C) groups is 1. The normalized spacial score (nSPS) is 11.5. The number of carboxylic acids is 1. The van der Waals surface area contributed by atoms with Crippen molar-refractivity contribution in [3.63, 3.8) is 0 Å². The number of rotatable bonds is 12. The molecule has 0 saturated heterocycles. The molecule has 1 aromatic rings. The van der Waals surface area contributed by atoms with Crippen LogP contribution in [0.3, 0.4) is 0 Å². The van der Waals surface area contributed by atoms with Crippen molar-refractivity contribution >= 4 is 23.8 Å². The molecule has 10 nitrogen and oxygen atoms in total. The van der Waals surface area contributed by atoms with E-state index in [0.717, 1.165) is 5.56 Å². The number of methoxy groups -OCH3 is 1. The second kappa shape index (κ2) is 12.3. The second-order valence-electron chi connectivity index (χ2n) is 6.12. The first kappa shape index (κ1) is 22.9. The van der Waals surface area contributed by atoms with Gasteiger partial charge in [-0.25, -0.2) is 4.79 Å². The zero-order valence-corrected chi connectivity index (χ0v) is 15.8. The van der Waals surface area contributed by atoms with Gasteiger partial charge in [0.1, 0.15) is 6.04 Å². The molecule has 0 aromatic heterocycles. The molecule has 0 fully saturated rings.